The summed E-state index contributed by atoms with van der Waals surface area (Å²) in [6.07, 6.45) is -0.540. The molecule has 4 heteroatoms. The summed E-state index contributed by atoms with van der Waals surface area (Å²) in [6, 6.07) is 4.89. The number of aromatic hydroxyl groups is 1. The number of aliphatic carboxylic acids is 1. The van der Waals surface area contributed by atoms with Crippen LogP contribution in [0.3, 0.4) is 0 Å². The second-order valence-corrected chi connectivity index (χ2v) is 2.91. The van der Waals surface area contributed by atoms with Crippen LogP contribution in [0, 0.1) is 0 Å². The zero-order valence-electron chi connectivity index (χ0n) is 6.73. The molecule has 2 N–H and O–H groups in total. The summed E-state index contributed by atoms with van der Waals surface area (Å²) < 4.78 is 5.05. The van der Waals surface area contributed by atoms with Gasteiger partial charge in [0.05, 0.1) is 0 Å². The van der Waals surface area contributed by atoms with Crippen molar-refractivity contribution in [2.24, 2.45) is 0 Å². The average Bonchev–Trinajstić information content (AvgIpc) is 2.49. The van der Waals surface area contributed by atoms with Crippen molar-refractivity contribution >= 4 is 5.97 Å². The highest BCUT2D eigenvalue weighted by atomic mass is 16.5. The number of ether oxygens (including phenoxy) is 1. The number of phenols is 1. The van der Waals surface area contributed by atoms with E-state index >= 15 is 0 Å². The SMILES string of the molecule is O=C(O)C1Cc2cccc(O)c2O1. The van der Waals surface area contributed by atoms with E-state index in [1.165, 1.54) is 6.07 Å². The molecule has 0 amide bonds. The van der Waals surface area contributed by atoms with Gasteiger partial charge in [-0.15, -0.1) is 0 Å². The number of carboxylic acid groups (broad SMARTS) is 1. The first-order chi connectivity index (χ1) is 6.18. The van der Waals surface area contributed by atoms with Gasteiger partial charge < -0.3 is 14.9 Å². The maximum absolute atomic E-state index is 10.6. The lowest BCUT2D eigenvalue weighted by Gasteiger charge is -2.04. The van der Waals surface area contributed by atoms with Gasteiger partial charge in [-0.1, -0.05) is 12.1 Å². The predicted octanol–water partition coefficient (Wildman–Crippen LogP) is 0.780. The van der Waals surface area contributed by atoms with Gasteiger partial charge in [-0.2, -0.15) is 0 Å². The standard InChI is InChI=1S/C9H8O4/c10-6-3-1-2-5-4-7(9(11)12)13-8(5)6/h1-3,7,10H,4H2,(H,11,12). The summed E-state index contributed by atoms with van der Waals surface area (Å²) in [7, 11) is 0. The third-order valence-corrected chi connectivity index (χ3v) is 2.02. The van der Waals surface area contributed by atoms with Gasteiger partial charge in [-0.3, -0.25) is 0 Å². The fourth-order valence-electron chi connectivity index (χ4n) is 1.39. The number of hydrogen-bond donors (Lipinski definition) is 2. The molecular formula is C9H8O4. The van der Waals surface area contributed by atoms with Crippen molar-refractivity contribution in [2.75, 3.05) is 0 Å². The Labute approximate surface area is 74.4 Å². The summed E-state index contributed by atoms with van der Waals surface area (Å²) in [6.45, 7) is 0. The van der Waals surface area contributed by atoms with Gasteiger partial charge in [0.1, 0.15) is 0 Å². The van der Waals surface area contributed by atoms with Gasteiger partial charge in [0, 0.05) is 12.0 Å². The van der Waals surface area contributed by atoms with Crippen molar-refractivity contribution in [2.45, 2.75) is 12.5 Å². The zero-order chi connectivity index (χ0) is 9.42. The molecule has 1 aromatic carbocycles. The summed E-state index contributed by atoms with van der Waals surface area (Å²) in [5.41, 5.74) is 0.743. The first-order valence-corrected chi connectivity index (χ1v) is 3.89. The Morgan fingerprint density at radius 2 is 2.31 bits per heavy atom. The lowest BCUT2D eigenvalue weighted by Crippen LogP contribution is -2.24. The first-order valence-electron chi connectivity index (χ1n) is 3.89. The summed E-state index contributed by atoms with van der Waals surface area (Å²) >= 11 is 0. The number of hydrogen-bond acceptors (Lipinski definition) is 3. The Kier molecular flexibility index (Phi) is 1.62. The number of carbonyl (C=O) groups is 1. The third kappa shape index (κ3) is 1.20. The van der Waals surface area contributed by atoms with E-state index in [1.54, 1.807) is 12.1 Å². The van der Waals surface area contributed by atoms with Crippen LogP contribution < -0.4 is 4.74 Å². The van der Waals surface area contributed by atoms with Crippen LogP contribution in [0.2, 0.25) is 0 Å². The van der Waals surface area contributed by atoms with Gasteiger partial charge in [0.2, 0.25) is 0 Å². The Morgan fingerprint density at radius 1 is 1.54 bits per heavy atom. The van der Waals surface area contributed by atoms with Crippen LogP contribution in [0.1, 0.15) is 5.56 Å². The van der Waals surface area contributed by atoms with E-state index in [9.17, 15) is 9.90 Å². The van der Waals surface area contributed by atoms with E-state index in [0.717, 1.165) is 5.56 Å². The van der Waals surface area contributed by atoms with E-state index in [1.807, 2.05) is 0 Å². The van der Waals surface area contributed by atoms with Gasteiger partial charge in [0.15, 0.2) is 17.6 Å². The summed E-state index contributed by atoms with van der Waals surface area (Å²) in [5.74, 6) is -0.702. The van der Waals surface area contributed by atoms with Gasteiger partial charge in [0.25, 0.3) is 0 Å². The summed E-state index contributed by atoms with van der Waals surface area (Å²) in [4.78, 5) is 10.6. The van der Waals surface area contributed by atoms with Crippen LogP contribution in [-0.2, 0) is 11.2 Å². The van der Waals surface area contributed by atoms with Crippen LogP contribution >= 0.6 is 0 Å². The van der Waals surface area contributed by atoms with E-state index in [4.69, 9.17) is 9.84 Å². The fourth-order valence-corrected chi connectivity index (χ4v) is 1.39. The van der Waals surface area contributed by atoms with E-state index < -0.39 is 12.1 Å². The number of fused-ring (bicyclic) bond motifs is 1. The van der Waals surface area contributed by atoms with Crippen molar-refractivity contribution in [3.05, 3.63) is 23.8 Å². The van der Waals surface area contributed by atoms with Gasteiger partial charge in [-0.25, -0.2) is 4.79 Å². The number of benzene rings is 1. The molecule has 1 aromatic rings. The Morgan fingerprint density at radius 3 is 2.92 bits per heavy atom. The number of carboxylic acids is 1. The molecule has 0 saturated carbocycles. The maximum atomic E-state index is 10.6. The minimum atomic E-state index is -1.00. The second kappa shape index (κ2) is 2.65. The van der Waals surface area contributed by atoms with Crippen molar-refractivity contribution in [3.63, 3.8) is 0 Å². The Balaban J connectivity index is 2.35. The minimum Gasteiger partial charge on any atom is -0.504 e. The molecule has 0 aromatic heterocycles. The molecule has 0 radical (unpaired) electrons. The van der Waals surface area contributed by atoms with Crippen LogP contribution in [0.5, 0.6) is 11.5 Å². The molecule has 0 aliphatic carbocycles. The fraction of sp³-hybridized carbons (Fsp3) is 0.222. The topological polar surface area (TPSA) is 66.8 Å². The van der Waals surface area contributed by atoms with Crippen molar-refractivity contribution in [1.82, 2.24) is 0 Å². The lowest BCUT2D eigenvalue weighted by atomic mass is 10.1. The monoisotopic (exact) mass is 180 g/mol. The first kappa shape index (κ1) is 7.91. The molecule has 13 heavy (non-hydrogen) atoms. The zero-order valence-corrected chi connectivity index (χ0v) is 6.73. The molecule has 4 nitrogen and oxygen atoms in total. The summed E-state index contributed by atoms with van der Waals surface area (Å²) in [5, 5.41) is 18.0. The molecule has 0 spiro atoms. The van der Waals surface area contributed by atoms with Gasteiger partial charge >= 0.3 is 5.97 Å². The molecule has 68 valence electrons. The molecule has 1 unspecified atom stereocenters. The molecule has 1 aliphatic heterocycles. The third-order valence-electron chi connectivity index (χ3n) is 2.02. The number of phenolic OH excluding ortho intramolecular Hbond substituents is 1. The smallest absolute Gasteiger partial charge is 0.345 e. The number of para-hydroxylation sites is 1. The van der Waals surface area contributed by atoms with Crippen molar-refractivity contribution in [3.8, 4) is 11.5 Å². The highest BCUT2D eigenvalue weighted by Crippen LogP contribution is 2.36. The second-order valence-electron chi connectivity index (χ2n) is 2.91. The van der Waals surface area contributed by atoms with E-state index in [0.29, 0.717) is 12.2 Å². The number of rotatable bonds is 1. The largest absolute Gasteiger partial charge is 0.504 e. The van der Waals surface area contributed by atoms with E-state index in [2.05, 4.69) is 0 Å². The van der Waals surface area contributed by atoms with Crippen LogP contribution in [0.25, 0.3) is 0 Å². The quantitative estimate of drug-likeness (QED) is 0.670. The van der Waals surface area contributed by atoms with Gasteiger partial charge in [-0.05, 0) is 6.07 Å². The minimum absolute atomic E-state index is 0.00116. The molecule has 1 aliphatic rings. The van der Waals surface area contributed by atoms with Crippen LogP contribution in [-0.4, -0.2) is 22.3 Å². The molecule has 1 atom stereocenters. The lowest BCUT2D eigenvalue weighted by molar-refractivity contribution is -0.144. The molecule has 0 bridgehead atoms. The highest BCUT2D eigenvalue weighted by Gasteiger charge is 2.30. The molecule has 0 saturated heterocycles. The Bertz CT molecular complexity index is 359. The maximum Gasteiger partial charge on any atom is 0.345 e. The molecule has 2 rings (SSSR count). The molecule has 1 heterocycles. The molecular weight excluding hydrogens is 172 g/mol. The van der Waals surface area contributed by atoms with Crippen LogP contribution in [0.15, 0.2) is 18.2 Å². The van der Waals surface area contributed by atoms with E-state index in [-0.39, 0.29) is 5.75 Å². The van der Waals surface area contributed by atoms with Crippen LogP contribution in [0.4, 0.5) is 0 Å². The van der Waals surface area contributed by atoms with Crippen molar-refractivity contribution in [1.29, 1.82) is 0 Å². The predicted molar refractivity (Wildman–Crippen MR) is 43.9 cm³/mol. The average molecular weight is 180 g/mol. The van der Waals surface area contributed by atoms with Crippen molar-refractivity contribution < 1.29 is 19.7 Å². The Hall–Kier alpha value is -1.71. The normalized spacial score (nSPS) is 19.2. The highest BCUT2D eigenvalue weighted by molar-refractivity contribution is 5.75. The molecule has 0 fully saturated rings.